The van der Waals surface area contributed by atoms with Crippen LogP contribution in [0.3, 0.4) is 0 Å². The number of anilines is 1. The molecule has 5 nitrogen and oxygen atoms in total. The number of urea groups is 1. The molecule has 1 aliphatic carbocycles. The van der Waals surface area contributed by atoms with Crippen molar-refractivity contribution in [1.29, 1.82) is 0 Å². The number of benzene rings is 2. The first-order chi connectivity index (χ1) is 12.8. The number of amides is 2. The number of nitrogens with one attached hydrogen (secondary N) is 2. The van der Waals surface area contributed by atoms with E-state index in [9.17, 15) is 4.79 Å². The summed E-state index contributed by atoms with van der Waals surface area (Å²) in [6.45, 7) is 5.29. The summed E-state index contributed by atoms with van der Waals surface area (Å²) in [5.41, 5.74) is 6.06. The highest BCUT2D eigenvalue weighted by atomic mass is 16.5. The van der Waals surface area contributed by atoms with Gasteiger partial charge in [-0.2, -0.15) is 0 Å². The summed E-state index contributed by atoms with van der Waals surface area (Å²) < 4.78 is 5.34. The van der Waals surface area contributed by atoms with Gasteiger partial charge in [0, 0.05) is 25.3 Å². The lowest BCUT2D eigenvalue weighted by atomic mass is 10.1. The summed E-state index contributed by atoms with van der Waals surface area (Å²) in [6, 6.07) is 14.5. The lowest BCUT2D eigenvalue weighted by molar-refractivity contribution is 0.0375. The maximum absolute atomic E-state index is 12.1. The number of rotatable bonds is 5. The van der Waals surface area contributed by atoms with E-state index in [4.69, 9.17) is 4.74 Å². The van der Waals surface area contributed by atoms with Crippen LogP contribution in [0.2, 0.25) is 0 Å². The number of fused-ring (bicyclic) bond motifs is 3. The highest BCUT2D eigenvalue weighted by Gasteiger charge is 2.18. The fourth-order valence-corrected chi connectivity index (χ4v) is 3.73. The van der Waals surface area contributed by atoms with E-state index < -0.39 is 0 Å². The highest BCUT2D eigenvalue weighted by molar-refractivity contribution is 5.90. The molecule has 4 rings (SSSR count). The van der Waals surface area contributed by atoms with E-state index in [0.717, 1.165) is 51.4 Å². The second kappa shape index (κ2) is 7.89. The van der Waals surface area contributed by atoms with Gasteiger partial charge in [0.15, 0.2) is 0 Å². The van der Waals surface area contributed by atoms with Crippen LogP contribution >= 0.6 is 0 Å². The van der Waals surface area contributed by atoms with Crippen molar-refractivity contribution < 1.29 is 9.53 Å². The lowest BCUT2D eigenvalue weighted by Crippen LogP contribution is -2.38. The third-order valence-corrected chi connectivity index (χ3v) is 5.09. The molecule has 1 heterocycles. The maximum Gasteiger partial charge on any atom is 0.319 e. The number of morpholine rings is 1. The van der Waals surface area contributed by atoms with Crippen molar-refractivity contribution in [2.45, 2.75) is 12.8 Å². The molecule has 0 bridgehead atoms. The first-order valence-electron chi connectivity index (χ1n) is 9.36. The summed E-state index contributed by atoms with van der Waals surface area (Å²) in [5.74, 6) is 0. The largest absolute Gasteiger partial charge is 0.379 e. The molecule has 0 atom stereocenters. The molecule has 5 heteroatoms. The van der Waals surface area contributed by atoms with Gasteiger partial charge in [0.25, 0.3) is 0 Å². The molecule has 2 aromatic rings. The van der Waals surface area contributed by atoms with Crippen LogP contribution in [-0.2, 0) is 11.2 Å². The van der Waals surface area contributed by atoms with Gasteiger partial charge in [0.1, 0.15) is 0 Å². The molecular formula is C21H25N3O2. The third-order valence-electron chi connectivity index (χ3n) is 5.09. The number of carbonyl (C=O) groups is 1. The average molecular weight is 351 g/mol. The maximum atomic E-state index is 12.1. The SMILES string of the molecule is O=C(NCCCN1CCOCC1)Nc1ccc2c(c1)Cc1ccccc1-2. The topological polar surface area (TPSA) is 53.6 Å². The first kappa shape index (κ1) is 17.1. The molecule has 2 amide bonds. The van der Waals surface area contributed by atoms with Crippen molar-refractivity contribution in [2.75, 3.05) is 44.7 Å². The minimum absolute atomic E-state index is 0.137. The van der Waals surface area contributed by atoms with Crippen LogP contribution in [0.5, 0.6) is 0 Å². The average Bonchev–Trinajstić information content (AvgIpc) is 3.04. The van der Waals surface area contributed by atoms with E-state index in [2.05, 4.69) is 51.9 Å². The fourth-order valence-electron chi connectivity index (χ4n) is 3.73. The zero-order valence-electron chi connectivity index (χ0n) is 15.0. The quantitative estimate of drug-likeness (QED) is 0.695. The smallest absolute Gasteiger partial charge is 0.319 e. The molecule has 26 heavy (non-hydrogen) atoms. The second-order valence-corrected chi connectivity index (χ2v) is 6.89. The van der Waals surface area contributed by atoms with Gasteiger partial charge in [0.05, 0.1) is 13.2 Å². The summed E-state index contributed by atoms with van der Waals surface area (Å²) in [7, 11) is 0. The molecular weight excluding hydrogens is 326 g/mol. The van der Waals surface area contributed by atoms with E-state index in [0.29, 0.717) is 6.54 Å². The molecule has 2 N–H and O–H groups in total. The van der Waals surface area contributed by atoms with Gasteiger partial charge < -0.3 is 15.4 Å². The van der Waals surface area contributed by atoms with Crippen LogP contribution in [0.25, 0.3) is 11.1 Å². The fraction of sp³-hybridized carbons (Fsp3) is 0.381. The molecule has 0 aromatic heterocycles. The molecule has 1 saturated heterocycles. The molecule has 2 aliphatic rings. The van der Waals surface area contributed by atoms with Crippen molar-refractivity contribution in [3.63, 3.8) is 0 Å². The van der Waals surface area contributed by atoms with E-state index in [1.54, 1.807) is 0 Å². The number of ether oxygens (including phenoxy) is 1. The number of hydrogen-bond acceptors (Lipinski definition) is 3. The van der Waals surface area contributed by atoms with Gasteiger partial charge in [-0.15, -0.1) is 0 Å². The summed E-state index contributed by atoms with van der Waals surface area (Å²) in [4.78, 5) is 14.5. The molecule has 0 saturated carbocycles. The van der Waals surface area contributed by atoms with Crippen LogP contribution in [0.15, 0.2) is 42.5 Å². The Labute approximate surface area is 154 Å². The van der Waals surface area contributed by atoms with Gasteiger partial charge in [0.2, 0.25) is 0 Å². The van der Waals surface area contributed by atoms with E-state index >= 15 is 0 Å². The normalized spacial score (nSPS) is 16.0. The Morgan fingerprint density at radius 1 is 1.04 bits per heavy atom. The van der Waals surface area contributed by atoms with Gasteiger partial charge in [-0.1, -0.05) is 30.3 Å². The zero-order valence-corrected chi connectivity index (χ0v) is 15.0. The second-order valence-electron chi connectivity index (χ2n) is 6.89. The first-order valence-corrected chi connectivity index (χ1v) is 9.36. The van der Waals surface area contributed by atoms with Gasteiger partial charge >= 0.3 is 6.03 Å². The molecule has 136 valence electrons. The van der Waals surface area contributed by atoms with Crippen molar-refractivity contribution in [1.82, 2.24) is 10.2 Å². The Kier molecular flexibility index (Phi) is 5.18. The van der Waals surface area contributed by atoms with Gasteiger partial charge in [-0.3, -0.25) is 4.90 Å². The van der Waals surface area contributed by atoms with E-state index in [1.807, 2.05) is 6.07 Å². The predicted molar refractivity (Wildman–Crippen MR) is 104 cm³/mol. The number of hydrogen-bond donors (Lipinski definition) is 2. The van der Waals surface area contributed by atoms with E-state index in [-0.39, 0.29) is 6.03 Å². The minimum atomic E-state index is -0.137. The number of nitrogens with zero attached hydrogens (tertiary/aromatic N) is 1. The van der Waals surface area contributed by atoms with Crippen molar-refractivity contribution in [3.05, 3.63) is 53.6 Å². The lowest BCUT2D eigenvalue weighted by Gasteiger charge is -2.26. The third kappa shape index (κ3) is 3.89. The Morgan fingerprint density at radius 3 is 2.73 bits per heavy atom. The Bertz CT molecular complexity index is 785. The monoisotopic (exact) mass is 351 g/mol. The van der Waals surface area contributed by atoms with Crippen LogP contribution in [0.1, 0.15) is 17.5 Å². The van der Waals surface area contributed by atoms with E-state index in [1.165, 1.54) is 22.3 Å². The van der Waals surface area contributed by atoms with Crippen LogP contribution in [0.4, 0.5) is 10.5 Å². The Morgan fingerprint density at radius 2 is 1.85 bits per heavy atom. The highest BCUT2D eigenvalue weighted by Crippen LogP contribution is 2.37. The summed E-state index contributed by atoms with van der Waals surface area (Å²) >= 11 is 0. The molecule has 1 aliphatic heterocycles. The Balaban J connectivity index is 1.25. The zero-order chi connectivity index (χ0) is 17.8. The predicted octanol–water partition coefficient (Wildman–Crippen LogP) is 3.10. The minimum Gasteiger partial charge on any atom is -0.379 e. The summed E-state index contributed by atoms with van der Waals surface area (Å²) in [6.07, 6.45) is 1.88. The van der Waals surface area contributed by atoms with Crippen LogP contribution < -0.4 is 10.6 Å². The van der Waals surface area contributed by atoms with Crippen LogP contribution in [0, 0.1) is 0 Å². The summed E-state index contributed by atoms with van der Waals surface area (Å²) in [5, 5.41) is 5.90. The number of carbonyl (C=O) groups excluding carboxylic acids is 1. The van der Waals surface area contributed by atoms with Crippen LogP contribution in [-0.4, -0.2) is 50.3 Å². The molecule has 0 unspecified atom stereocenters. The van der Waals surface area contributed by atoms with Gasteiger partial charge in [-0.25, -0.2) is 4.79 Å². The molecule has 1 fully saturated rings. The Hall–Kier alpha value is -2.37. The van der Waals surface area contributed by atoms with Gasteiger partial charge in [-0.05, 0) is 53.8 Å². The molecule has 0 spiro atoms. The van der Waals surface area contributed by atoms with Crippen molar-refractivity contribution >= 4 is 11.7 Å². The van der Waals surface area contributed by atoms with Crippen molar-refractivity contribution in [2.24, 2.45) is 0 Å². The molecule has 0 radical (unpaired) electrons. The van der Waals surface area contributed by atoms with Crippen molar-refractivity contribution in [3.8, 4) is 11.1 Å². The standard InChI is InChI=1S/C21H25N3O2/c25-21(22-8-3-9-24-10-12-26-13-11-24)23-18-6-7-20-17(15-18)14-16-4-1-2-5-19(16)20/h1-2,4-7,15H,3,8-14H2,(H2,22,23,25). The molecule has 2 aromatic carbocycles.